The number of aromatic nitrogens is 3. The Balaban J connectivity index is 1.99. The Hall–Kier alpha value is -2.25. The van der Waals surface area contributed by atoms with E-state index in [0.717, 1.165) is 11.1 Å². The van der Waals surface area contributed by atoms with Gasteiger partial charge >= 0.3 is 0 Å². The van der Waals surface area contributed by atoms with Crippen molar-refractivity contribution in [2.75, 3.05) is 0 Å². The number of rotatable bonds is 3. The van der Waals surface area contributed by atoms with Crippen molar-refractivity contribution in [1.29, 1.82) is 0 Å². The molecule has 7 heteroatoms. The highest BCUT2D eigenvalue weighted by atomic mass is 79.9. The minimum atomic E-state index is 0.182. The average Bonchev–Trinajstić information content (AvgIpc) is 2.90. The highest BCUT2D eigenvalue weighted by Crippen LogP contribution is 2.23. The standard InChI is InChI=1S/C15H11BrN4OS/c16-12-8-10(6-7-13(12)21)9-17-20-14(18-19-15(20)22)11-4-2-1-3-5-11/h1-9,21H,(H,19,22). The van der Waals surface area contributed by atoms with E-state index in [1.807, 2.05) is 30.3 Å². The summed E-state index contributed by atoms with van der Waals surface area (Å²) in [5.41, 5.74) is 1.74. The van der Waals surface area contributed by atoms with Gasteiger partial charge in [0.1, 0.15) is 5.75 Å². The minimum Gasteiger partial charge on any atom is -0.507 e. The van der Waals surface area contributed by atoms with E-state index in [1.165, 1.54) is 0 Å². The van der Waals surface area contributed by atoms with Crippen molar-refractivity contribution >= 4 is 34.4 Å². The number of H-pyrrole nitrogens is 1. The van der Waals surface area contributed by atoms with Crippen LogP contribution >= 0.6 is 28.1 Å². The molecule has 0 aliphatic carbocycles. The van der Waals surface area contributed by atoms with Gasteiger partial charge in [0.05, 0.1) is 10.7 Å². The molecule has 0 saturated carbocycles. The quantitative estimate of drug-likeness (QED) is 0.538. The lowest BCUT2D eigenvalue weighted by atomic mass is 10.2. The van der Waals surface area contributed by atoms with Gasteiger partial charge in [-0.05, 0) is 51.9 Å². The van der Waals surface area contributed by atoms with Gasteiger partial charge in [-0.2, -0.15) is 14.9 Å². The molecule has 2 aromatic carbocycles. The molecule has 0 bridgehead atoms. The third kappa shape index (κ3) is 3.00. The van der Waals surface area contributed by atoms with Crippen LogP contribution in [0.4, 0.5) is 0 Å². The first-order valence-electron chi connectivity index (χ1n) is 6.41. The number of halogens is 1. The van der Waals surface area contributed by atoms with Crippen LogP contribution in [0.25, 0.3) is 11.4 Å². The zero-order valence-electron chi connectivity index (χ0n) is 11.3. The van der Waals surface area contributed by atoms with Crippen molar-refractivity contribution in [2.24, 2.45) is 5.10 Å². The van der Waals surface area contributed by atoms with E-state index >= 15 is 0 Å². The topological polar surface area (TPSA) is 66.2 Å². The van der Waals surface area contributed by atoms with Crippen LogP contribution < -0.4 is 0 Å². The lowest BCUT2D eigenvalue weighted by molar-refractivity contribution is 0.472. The Morgan fingerprint density at radius 3 is 2.73 bits per heavy atom. The summed E-state index contributed by atoms with van der Waals surface area (Å²) in [6, 6.07) is 14.8. The van der Waals surface area contributed by atoms with Crippen LogP contribution in [0.3, 0.4) is 0 Å². The van der Waals surface area contributed by atoms with Crippen LogP contribution in [0.1, 0.15) is 5.56 Å². The van der Waals surface area contributed by atoms with Gasteiger partial charge in [-0.15, -0.1) is 0 Å². The number of aromatic amines is 1. The van der Waals surface area contributed by atoms with Crippen molar-refractivity contribution in [1.82, 2.24) is 14.9 Å². The molecular formula is C15H11BrN4OS. The molecule has 5 nitrogen and oxygen atoms in total. The number of aromatic hydroxyl groups is 1. The second-order valence-electron chi connectivity index (χ2n) is 4.49. The number of hydrogen-bond acceptors (Lipinski definition) is 4. The first-order valence-corrected chi connectivity index (χ1v) is 7.61. The second-order valence-corrected chi connectivity index (χ2v) is 5.73. The summed E-state index contributed by atoms with van der Waals surface area (Å²) >= 11 is 8.49. The minimum absolute atomic E-state index is 0.182. The molecule has 3 aromatic rings. The molecule has 0 radical (unpaired) electrons. The second kappa shape index (κ2) is 6.25. The molecule has 0 saturated heterocycles. The fourth-order valence-corrected chi connectivity index (χ4v) is 2.48. The maximum absolute atomic E-state index is 9.50. The summed E-state index contributed by atoms with van der Waals surface area (Å²) in [6.45, 7) is 0. The number of phenolic OH excluding ortho intramolecular Hbond substituents is 1. The van der Waals surface area contributed by atoms with E-state index < -0.39 is 0 Å². The first-order chi connectivity index (χ1) is 10.6. The predicted octanol–water partition coefficient (Wildman–Crippen LogP) is 3.96. The molecule has 0 fully saturated rings. The van der Waals surface area contributed by atoms with Crippen LogP contribution in [0.5, 0.6) is 5.75 Å². The SMILES string of the molecule is Oc1ccc(C=Nn2c(-c3ccccc3)n[nH]c2=S)cc1Br. The predicted molar refractivity (Wildman–Crippen MR) is 91.6 cm³/mol. The summed E-state index contributed by atoms with van der Waals surface area (Å²) in [6.07, 6.45) is 1.65. The summed E-state index contributed by atoms with van der Waals surface area (Å²) in [5, 5.41) is 20.8. The van der Waals surface area contributed by atoms with Crippen molar-refractivity contribution in [2.45, 2.75) is 0 Å². The van der Waals surface area contributed by atoms with Crippen LogP contribution in [0.15, 0.2) is 58.1 Å². The molecule has 0 unspecified atom stereocenters. The largest absolute Gasteiger partial charge is 0.507 e. The molecule has 22 heavy (non-hydrogen) atoms. The zero-order chi connectivity index (χ0) is 15.5. The molecule has 0 amide bonds. The number of hydrogen-bond donors (Lipinski definition) is 2. The number of nitrogens with zero attached hydrogens (tertiary/aromatic N) is 3. The van der Waals surface area contributed by atoms with Gasteiger partial charge in [0.15, 0.2) is 5.82 Å². The van der Waals surface area contributed by atoms with Gasteiger partial charge in [-0.3, -0.25) is 0 Å². The van der Waals surface area contributed by atoms with Crippen molar-refractivity contribution in [3.63, 3.8) is 0 Å². The van der Waals surface area contributed by atoms with Gasteiger partial charge in [-0.1, -0.05) is 30.3 Å². The molecular weight excluding hydrogens is 364 g/mol. The van der Waals surface area contributed by atoms with Crippen molar-refractivity contribution < 1.29 is 5.11 Å². The Morgan fingerprint density at radius 2 is 2.00 bits per heavy atom. The van der Waals surface area contributed by atoms with Gasteiger partial charge in [0, 0.05) is 5.56 Å². The van der Waals surface area contributed by atoms with Crippen LogP contribution in [-0.2, 0) is 0 Å². The van der Waals surface area contributed by atoms with E-state index in [4.69, 9.17) is 12.2 Å². The molecule has 0 atom stereocenters. The van der Waals surface area contributed by atoms with Gasteiger partial charge < -0.3 is 5.11 Å². The summed E-state index contributed by atoms with van der Waals surface area (Å²) < 4.78 is 2.58. The molecule has 0 aliphatic rings. The fourth-order valence-electron chi connectivity index (χ4n) is 1.90. The number of phenols is 1. The smallest absolute Gasteiger partial charge is 0.216 e. The zero-order valence-corrected chi connectivity index (χ0v) is 13.7. The van der Waals surface area contributed by atoms with E-state index in [0.29, 0.717) is 15.1 Å². The van der Waals surface area contributed by atoms with Gasteiger partial charge in [-0.25, -0.2) is 5.10 Å². The highest BCUT2D eigenvalue weighted by molar-refractivity contribution is 9.10. The Labute approximate surface area is 140 Å². The van der Waals surface area contributed by atoms with Crippen molar-refractivity contribution in [3.8, 4) is 17.1 Å². The van der Waals surface area contributed by atoms with Gasteiger partial charge in [0.2, 0.25) is 4.77 Å². The first kappa shape index (κ1) is 14.7. The van der Waals surface area contributed by atoms with Crippen LogP contribution in [0.2, 0.25) is 0 Å². The molecule has 1 aromatic heterocycles. The summed E-state index contributed by atoms with van der Waals surface area (Å²) in [4.78, 5) is 0. The summed E-state index contributed by atoms with van der Waals surface area (Å²) in [7, 11) is 0. The molecule has 3 rings (SSSR count). The molecule has 0 aliphatic heterocycles. The van der Waals surface area contributed by atoms with Crippen molar-refractivity contribution in [3.05, 3.63) is 63.3 Å². The Bertz CT molecular complexity index is 886. The van der Waals surface area contributed by atoms with E-state index in [1.54, 1.807) is 29.1 Å². The highest BCUT2D eigenvalue weighted by Gasteiger charge is 2.07. The van der Waals surface area contributed by atoms with Crippen LogP contribution in [-0.4, -0.2) is 26.2 Å². The van der Waals surface area contributed by atoms with E-state index in [2.05, 4.69) is 31.2 Å². The maximum atomic E-state index is 9.50. The normalized spacial score (nSPS) is 11.1. The number of benzene rings is 2. The molecule has 110 valence electrons. The van der Waals surface area contributed by atoms with E-state index in [9.17, 15) is 5.11 Å². The lowest BCUT2D eigenvalue weighted by Gasteiger charge is -2.01. The third-order valence-electron chi connectivity index (χ3n) is 2.98. The fraction of sp³-hybridized carbons (Fsp3) is 0. The Morgan fingerprint density at radius 1 is 1.23 bits per heavy atom. The molecule has 0 spiro atoms. The lowest BCUT2D eigenvalue weighted by Crippen LogP contribution is -1.95. The Kier molecular flexibility index (Phi) is 4.17. The van der Waals surface area contributed by atoms with Gasteiger partial charge in [0.25, 0.3) is 0 Å². The molecule has 2 N–H and O–H groups in total. The monoisotopic (exact) mass is 374 g/mol. The van der Waals surface area contributed by atoms with Crippen LogP contribution in [0, 0.1) is 4.77 Å². The molecule has 1 heterocycles. The van der Waals surface area contributed by atoms with E-state index in [-0.39, 0.29) is 5.75 Å². The number of nitrogens with one attached hydrogen (secondary N) is 1. The summed E-state index contributed by atoms with van der Waals surface area (Å²) in [5.74, 6) is 0.821. The third-order valence-corrected chi connectivity index (χ3v) is 3.88. The average molecular weight is 375 g/mol. The maximum Gasteiger partial charge on any atom is 0.216 e.